The van der Waals surface area contributed by atoms with E-state index >= 15 is 0 Å². The van der Waals surface area contributed by atoms with Gasteiger partial charge in [0.05, 0.1) is 0 Å². The monoisotopic (exact) mass is 1050 g/mol. The predicted octanol–water partition coefficient (Wildman–Crippen LogP) is 20.3. The van der Waals surface area contributed by atoms with Gasteiger partial charge in [-0.05, 0) is 79.4 Å². The molecule has 2 aliphatic carbocycles. The number of ether oxygens (including phenoxy) is 4. The number of unbranched alkanes of at least 4 members (excludes halogenated alkanes) is 22. The fraction of sp³-hybridized carbons (Fsp3) is 0.714. The number of hydrogen-bond donors (Lipinski definition) is 0. The Labute approximate surface area is 466 Å². The lowest BCUT2D eigenvalue weighted by Crippen LogP contribution is -2.47. The van der Waals surface area contributed by atoms with Gasteiger partial charge in [0.1, 0.15) is 34.6 Å². The van der Waals surface area contributed by atoms with Gasteiger partial charge in [0, 0.05) is 36.5 Å². The van der Waals surface area contributed by atoms with Crippen molar-refractivity contribution in [2.24, 2.45) is 10.8 Å². The lowest BCUT2D eigenvalue weighted by molar-refractivity contribution is -0.153. The quantitative estimate of drug-likeness (QED) is 0.0265. The standard InChI is InChI=1S/C70H112O6/c1-13-15-17-19-21-23-25-26-28-30-32-34-36-48-64(72)74-62-54-66(9,10)70(68(12,56-62)76-70)52-50-60(6)46-40-44-58(4)42-38-37-41-57(3)43-39-45-59(5)49-51-69-65(7,8)53-61(55-67(69,11)75-69)73-63(71)47-35-33-31-29-27-24-22-20-18-16-14-2/h37-46,49-52,61-62H,13-36,47-48,53-56H2,1-12H3/b38-37+,43-39+,44-40+,51-49+,52-50+,57-41+,58-42+,59-45+,60-46+/t61-,62-,67+,68+,69-,70-/m0/s1. The zero-order chi connectivity index (χ0) is 55.6. The van der Waals surface area contributed by atoms with E-state index in [0.29, 0.717) is 12.8 Å². The average Bonchev–Trinajstić information content (AvgIpc) is 4.24. The minimum absolute atomic E-state index is 0.0495. The van der Waals surface area contributed by atoms with Crippen LogP contribution in [-0.2, 0) is 28.5 Å². The molecule has 0 aromatic rings. The molecule has 0 aromatic carbocycles. The smallest absolute Gasteiger partial charge is 0.306 e. The molecule has 2 saturated carbocycles. The van der Waals surface area contributed by atoms with Gasteiger partial charge in [-0.2, -0.15) is 0 Å². The van der Waals surface area contributed by atoms with E-state index in [2.05, 4.69) is 168 Å². The summed E-state index contributed by atoms with van der Waals surface area (Å²) in [6, 6.07) is 0. The fourth-order valence-electron chi connectivity index (χ4n) is 12.8. The number of carbonyl (C=O) groups is 2. The zero-order valence-electron chi connectivity index (χ0n) is 50.9. The Morgan fingerprint density at radius 1 is 0.395 bits per heavy atom. The van der Waals surface area contributed by atoms with E-state index in [1.165, 1.54) is 140 Å². The maximum absolute atomic E-state index is 12.9. The molecular weight excluding hydrogens is 937 g/mol. The second-order valence-corrected chi connectivity index (χ2v) is 25.6. The van der Waals surface area contributed by atoms with Gasteiger partial charge in [-0.1, -0.05) is 278 Å². The summed E-state index contributed by atoms with van der Waals surface area (Å²) in [5, 5.41) is 0. The first-order valence-electron chi connectivity index (χ1n) is 31.2. The minimum Gasteiger partial charge on any atom is -0.462 e. The minimum atomic E-state index is -0.359. The largest absolute Gasteiger partial charge is 0.462 e. The highest BCUT2D eigenvalue weighted by molar-refractivity contribution is 5.70. The Morgan fingerprint density at radius 2 is 0.671 bits per heavy atom. The summed E-state index contributed by atoms with van der Waals surface area (Å²) in [5.74, 6) is -0.101. The van der Waals surface area contributed by atoms with Gasteiger partial charge < -0.3 is 18.9 Å². The average molecular weight is 1050 g/mol. The summed E-state index contributed by atoms with van der Waals surface area (Å²) in [5.41, 5.74) is 2.95. The van der Waals surface area contributed by atoms with Gasteiger partial charge in [-0.3, -0.25) is 9.59 Å². The summed E-state index contributed by atoms with van der Waals surface area (Å²) in [6.07, 6.45) is 64.9. The van der Waals surface area contributed by atoms with E-state index in [0.717, 1.165) is 62.5 Å². The second-order valence-electron chi connectivity index (χ2n) is 25.6. The molecule has 0 radical (unpaired) electrons. The van der Waals surface area contributed by atoms with Crippen molar-refractivity contribution in [3.63, 3.8) is 0 Å². The molecule has 6 nitrogen and oxygen atoms in total. The number of fused-ring (bicyclic) bond motifs is 2. The van der Waals surface area contributed by atoms with Crippen molar-refractivity contribution in [1.82, 2.24) is 0 Å². The molecule has 2 heterocycles. The van der Waals surface area contributed by atoms with E-state index < -0.39 is 0 Å². The molecule has 4 rings (SSSR count). The summed E-state index contributed by atoms with van der Waals surface area (Å²) in [6.45, 7) is 26.4. The van der Waals surface area contributed by atoms with Crippen LogP contribution in [0.15, 0.2) is 107 Å². The van der Waals surface area contributed by atoms with E-state index in [9.17, 15) is 9.59 Å². The highest BCUT2D eigenvalue weighted by Gasteiger charge is 2.76. The number of hydrogen-bond acceptors (Lipinski definition) is 6. The number of allylic oxidation sites excluding steroid dienone is 16. The Hall–Kier alpha value is -3.48. The maximum Gasteiger partial charge on any atom is 0.306 e. The Bertz CT molecular complexity index is 2050. The lowest BCUT2D eigenvalue weighted by atomic mass is 9.63. The Balaban J connectivity index is 1.12. The molecule has 2 saturated heterocycles. The third-order valence-corrected chi connectivity index (χ3v) is 17.5. The summed E-state index contributed by atoms with van der Waals surface area (Å²) in [4.78, 5) is 25.7. The highest BCUT2D eigenvalue weighted by atomic mass is 16.6. The van der Waals surface area contributed by atoms with Crippen molar-refractivity contribution < 1.29 is 28.5 Å². The molecule has 0 amide bonds. The third kappa shape index (κ3) is 21.0. The third-order valence-electron chi connectivity index (χ3n) is 17.5. The van der Waals surface area contributed by atoms with E-state index in [4.69, 9.17) is 18.9 Å². The lowest BCUT2D eigenvalue weighted by Gasteiger charge is -2.40. The molecule has 0 N–H and O–H groups in total. The summed E-state index contributed by atoms with van der Waals surface area (Å²) >= 11 is 0. The summed E-state index contributed by atoms with van der Waals surface area (Å²) < 4.78 is 25.3. The van der Waals surface area contributed by atoms with Crippen molar-refractivity contribution in [2.75, 3.05) is 0 Å². The van der Waals surface area contributed by atoms with E-state index in [-0.39, 0.29) is 57.4 Å². The Morgan fingerprint density at radius 3 is 0.974 bits per heavy atom. The van der Waals surface area contributed by atoms with Gasteiger partial charge in [0.2, 0.25) is 0 Å². The molecule has 76 heavy (non-hydrogen) atoms. The van der Waals surface area contributed by atoms with Crippen LogP contribution in [0.2, 0.25) is 0 Å². The molecule has 428 valence electrons. The number of rotatable bonds is 38. The number of esters is 2. The van der Waals surface area contributed by atoms with Crippen LogP contribution in [0.5, 0.6) is 0 Å². The molecule has 0 aromatic heterocycles. The molecule has 4 aliphatic rings. The fourth-order valence-corrected chi connectivity index (χ4v) is 12.8. The normalized spacial score (nSPS) is 27.5. The maximum atomic E-state index is 12.9. The van der Waals surface area contributed by atoms with Crippen molar-refractivity contribution in [3.8, 4) is 0 Å². The molecule has 6 heteroatoms. The van der Waals surface area contributed by atoms with Gasteiger partial charge in [-0.25, -0.2) is 0 Å². The zero-order valence-corrected chi connectivity index (χ0v) is 50.9. The van der Waals surface area contributed by atoms with Crippen LogP contribution in [0.25, 0.3) is 0 Å². The van der Waals surface area contributed by atoms with Crippen molar-refractivity contribution in [1.29, 1.82) is 0 Å². The topological polar surface area (TPSA) is 77.7 Å². The van der Waals surface area contributed by atoms with Gasteiger partial charge in [0.25, 0.3) is 0 Å². The molecule has 0 unspecified atom stereocenters. The highest BCUT2D eigenvalue weighted by Crippen LogP contribution is 2.67. The van der Waals surface area contributed by atoms with Crippen LogP contribution in [-0.4, -0.2) is 46.6 Å². The van der Waals surface area contributed by atoms with Gasteiger partial charge in [0.15, 0.2) is 0 Å². The second kappa shape index (κ2) is 32.6. The van der Waals surface area contributed by atoms with E-state index in [1.807, 2.05) is 0 Å². The molecule has 0 spiro atoms. The number of epoxide rings is 2. The first kappa shape index (κ1) is 65.0. The first-order chi connectivity index (χ1) is 36.3. The molecule has 2 aliphatic heterocycles. The van der Waals surface area contributed by atoms with Crippen molar-refractivity contribution in [3.05, 3.63) is 107 Å². The molecular formula is C70H112O6. The van der Waals surface area contributed by atoms with Crippen molar-refractivity contribution in [2.45, 2.75) is 310 Å². The van der Waals surface area contributed by atoms with Crippen LogP contribution in [0, 0.1) is 10.8 Å². The molecule has 0 bridgehead atoms. The van der Waals surface area contributed by atoms with Crippen molar-refractivity contribution >= 4 is 11.9 Å². The summed E-state index contributed by atoms with van der Waals surface area (Å²) in [7, 11) is 0. The van der Waals surface area contributed by atoms with Gasteiger partial charge in [-0.15, -0.1) is 0 Å². The SMILES string of the molecule is CCCCCCCCCCCCCCCC(=O)O[C@H]1CC(C)(C)[C@]2(/C=C/C(C)=C/C=C/C(C)=C/C=C/C=C(C)/C=C/C=C(C)/C=C/[C@@]34O[C@]3(C)C[C@@H](OC(=O)CCCCCCCCCCCCC)CC4(C)C)O[C@]2(C)C1. The van der Waals surface area contributed by atoms with Crippen LogP contribution >= 0.6 is 0 Å². The van der Waals surface area contributed by atoms with Crippen LogP contribution < -0.4 is 0 Å². The number of carbonyl (C=O) groups excluding carboxylic acids is 2. The predicted molar refractivity (Wildman–Crippen MR) is 322 cm³/mol. The van der Waals surface area contributed by atoms with Crippen LogP contribution in [0.1, 0.15) is 276 Å². The molecule has 6 atom stereocenters. The van der Waals surface area contributed by atoms with Gasteiger partial charge >= 0.3 is 11.9 Å². The Kier molecular flexibility index (Phi) is 27.9. The van der Waals surface area contributed by atoms with E-state index in [1.54, 1.807) is 0 Å². The molecule has 4 fully saturated rings. The van der Waals surface area contributed by atoms with Crippen LogP contribution in [0.4, 0.5) is 0 Å². The first-order valence-corrected chi connectivity index (χ1v) is 31.2. The van der Waals surface area contributed by atoms with Crippen LogP contribution in [0.3, 0.4) is 0 Å².